The average Bonchev–Trinajstić information content (AvgIpc) is 2.99. The fraction of sp³-hybridized carbons (Fsp3) is 0.118. The number of hydrogen-bond acceptors (Lipinski definition) is 4. The minimum Gasteiger partial charge on any atom is -0.355 e. The standard InChI is InChI=1S/C17H15N5/c1-22-11-10-20-17(22)15(13-6-3-2-4-7-13)21-16-14(12-18)8-5-9-19-16/h2-11,15H,1H3,(H,19,21)/t15-/m0/s1. The minimum atomic E-state index is -0.178. The lowest BCUT2D eigenvalue weighted by Gasteiger charge is -2.20. The van der Waals surface area contributed by atoms with E-state index in [2.05, 4.69) is 21.4 Å². The summed E-state index contributed by atoms with van der Waals surface area (Å²) in [6.45, 7) is 0. The first-order valence-corrected chi connectivity index (χ1v) is 6.93. The molecule has 0 radical (unpaired) electrons. The van der Waals surface area contributed by atoms with Gasteiger partial charge in [0, 0.05) is 25.6 Å². The Morgan fingerprint density at radius 3 is 2.59 bits per heavy atom. The number of imidazole rings is 1. The molecular weight excluding hydrogens is 274 g/mol. The van der Waals surface area contributed by atoms with E-state index in [4.69, 9.17) is 0 Å². The van der Waals surface area contributed by atoms with Crippen molar-refractivity contribution < 1.29 is 0 Å². The van der Waals surface area contributed by atoms with Crippen molar-refractivity contribution in [2.75, 3.05) is 5.32 Å². The summed E-state index contributed by atoms with van der Waals surface area (Å²) in [4.78, 5) is 8.72. The number of rotatable bonds is 4. The number of anilines is 1. The van der Waals surface area contributed by atoms with Crippen molar-refractivity contribution in [1.82, 2.24) is 14.5 Å². The molecule has 2 heterocycles. The van der Waals surface area contributed by atoms with E-state index in [0.29, 0.717) is 11.4 Å². The van der Waals surface area contributed by atoms with Gasteiger partial charge >= 0.3 is 0 Å². The quantitative estimate of drug-likeness (QED) is 0.802. The Morgan fingerprint density at radius 1 is 1.09 bits per heavy atom. The Bertz CT molecular complexity index is 801. The van der Waals surface area contributed by atoms with Crippen molar-refractivity contribution in [3.05, 3.63) is 78.0 Å². The van der Waals surface area contributed by atoms with E-state index in [1.807, 2.05) is 48.1 Å². The van der Waals surface area contributed by atoms with Crippen molar-refractivity contribution in [2.24, 2.45) is 7.05 Å². The van der Waals surface area contributed by atoms with Crippen LogP contribution in [0.3, 0.4) is 0 Å². The van der Waals surface area contributed by atoms with Gasteiger partial charge in [-0.1, -0.05) is 30.3 Å². The first kappa shape index (κ1) is 13.8. The van der Waals surface area contributed by atoms with Gasteiger partial charge in [-0.25, -0.2) is 9.97 Å². The summed E-state index contributed by atoms with van der Waals surface area (Å²) in [7, 11) is 1.95. The molecule has 0 fully saturated rings. The number of benzene rings is 1. The first-order chi connectivity index (χ1) is 10.8. The Labute approximate surface area is 128 Å². The Kier molecular flexibility index (Phi) is 3.84. The molecular formula is C17H15N5. The zero-order valence-corrected chi connectivity index (χ0v) is 12.1. The molecule has 22 heavy (non-hydrogen) atoms. The number of nitrogens with zero attached hydrogens (tertiary/aromatic N) is 4. The molecule has 108 valence electrons. The summed E-state index contributed by atoms with van der Waals surface area (Å²) in [5, 5.41) is 12.6. The Balaban J connectivity index is 2.04. The van der Waals surface area contributed by atoms with Crippen molar-refractivity contribution in [2.45, 2.75) is 6.04 Å². The number of nitrogens with one attached hydrogen (secondary N) is 1. The molecule has 0 amide bonds. The van der Waals surface area contributed by atoms with Crippen molar-refractivity contribution in [1.29, 1.82) is 5.26 Å². The Morgan fingerprint density at radius 2 is 1.91 bits per heavy atom. The molecule has 1 N–H and O–H groups in total. The largest absolute Gasteiger partial charge is 0.355 e. The van der Waals surface area contributed by atoms with E-state index in [0.717, 1.165) is 11.4 Å². The van der Waals surface area contributed by atoms with E-state index in [1.165, 1.54) is 0 Å². The van der Waals surface area contributed by atoms with E-state index in [1.54, 1.807) is 24.5 Å². The molecule has 5 nitrogen and oxygen atoms in total. The van der Waals surface area contributed by atoms with E-state index in [9.17, 15) is 5.26 Å². The Hall–Kier alpha value is -3.13. The number of hydrogen-bond donors (Lipinski definition) is 1. The molecule has 3 aromatic rings. The first-order valence-electron chi connectivity index (χ1n) is 6.93. The predicted octanol–water partition coefficient (Wildman–Crippen LogP) is 2.89. The van der Waals surface area contributed by atoms with Crippen molar-refractivity contribution in [3.8, 4) is 6.07 Å². The number of aryl methyl sites for hydroxylation is 1. The smallest absolute Gasteiger partial charge is 0.144 e. The zero-order valence-electron chi connectivity index (χ0n) is 12.1. The lowest BCUT2D eigenvalue weighted by molar-refractivity contribution is 0.745. The summed E-state index contributed by atoms with van der Waals surface area (Å²) in [6.07, 6.45) is 5.33. The lowest BCUT2D eigenvalue weighted by Crippen LogP contribution is -2.18. The summed E-state index contributed by atoms with van der Waals surface area (Å²) >= 11 is 0. The molecule has 1 atom stereocenters. The summed E-state index contributed by atoms with van der Waals surface area (Å²) < 4.78 is 1.96. The second kappa shape index (κ2) is 6.10. The van der Waals surface area contributed by atoms with Crippen molar-refractivity contribution >= 4 is 5.82 Å². The topological polar surface area (TPSA) is 66.5 Å². The highest BCUT2D eigenvalue weighted by molar-refractivity contribution is 5.53. The third-order valence-electron chi connectivity index (χ3n) is 3.46. The fourth-order valence-corrected chi connectivity index (χ4v) is 2.35. The molecule has 0 aliphatic carbocycles. The van der Waals surface area contributed by atoms with Gasteiger partial charge in [-0.05, 0) is 17.7 Å². The van der Waals surface area contributed by atoms with Crippen LogP contribution in [0.15, 0.2) is 61.1 Å². The molecule has 0 aliphatic heterocycles. The van der Waals surface area contributed by atoms with Gasteiger partial charge in [0.2, 0.25) is 0 Å². The van der Waals surface area contributed by atoms with Crippen LogP contribution in [0, 0.1) is 11.3 Å². The van der Waals surface area contributed by atoms with Gasteiger partial charge in [-0.3, -0.25) is 0 Å². The summed E-state index contributed by atoms with van der Waals surface area (Å²) in [6, 6.07) is 15.5. The van der Waals surface area contributed by atoms with Crippen LogP contribution in [0.5, 0.6) is 0 Å². The molecule has 0 saturated heterocycles. The number of pyridine rings is 1. The molecule has 0 spiro atoms. The molecule has 0 bridgehead atoms. The fourth-order valence-electron chi connectivity index (χ4n) is 2.35. The highest BCUT2D eigenvalue weighted by Crippen LogP contribution is 2.25. The highest BCUT2D eigenvalue weighted by Gasteiger charge is 2.19. The van der Waals surface area contributed by atoms with Gasteiger partial charge < -0.3 is 9.88 Å². The summed E-state index contributed by atoms with van der Waals surface area (Å²) in [5.74, 6) is 1.42. The van der Waals surface area contributed by atoms with Gasteiger partial charge in [0.05, 0.1) is 5.56 Å². The van der Waals surface area contributed by atoms with E-state index in [-0.39, 0.29) is 6.04 Å². The van der Waals surface area contributed by atoms with Gasteiger partial charge in [0.15, 0.2) is 0 Å². The highest BCUT2D eigenvalue weighted by atomic mass is 15.1. The second-order valence-corrected chi connectivity index (χ2v) is 4.90. The minimum absolute atomic E-state index is 0.178. The maximum absolute atomic E-state index is 9.24. The molecule has 3 rings (SSSR count). The lowest BCUT2D eigenvalue weighted by atomic mass is 10.1. The monoisotopic (exact) mass is 289 g/mol. The van der Waals surface area contributed by atoms with Gasteiger partial charge in [-0.2, -0.15) is 5.26 Å². The predicted molar refractivity (Wildman–Crippen MR) is 84.1 cm³/mol. The second-order valence-electron chi connectivity index (χ2n) is 4.90. The van der Waals surface area contributed by atoms with Gasteiger partial charge in [-0.15, -0.1) is 0 Å². The molecule has 0 unspecified atom stereocenters. The average molecular weight is 289 g/mol. The maximum Gasteiger partial charge on any atom is 0.144 e. The van der Waals surface area contributed by atoms with Crippen LogP contribution in [-0.4, -0.2) is 14.5 Å². The maximum atomic E-state index is 9.24. The van der Waals surface area contributed by atoms with E-state index < -0.39 is 0 Å². The van der Waals surface area contributed by atoms with E-state index >= 15 is 0 Å². The van der Waals surface area contributed by atoms with Crippen LogP contribution < -0.4 is 5.32 Å². The van der Waals surface area contributed by atoms with Crippen LogP contribution in [-0.2, 0) is 7.05 Å². The summed E-state index contributed by atoms with van der Waals surface area (Å²) in [5.41, 5.74) is 1.57. The molecule has 1 aromatic carbocycles. The SMILES string of the molecule is Cn1ccnc1[C@@H](Nc1ncccc1C#N)c1ccccc1. The van der Waals surface area contributed by atoms with Gasteiger partial charge in [0.1, 0.15) is 23.8 Å². The zero-order chi connectivity index (χ0) is 15.4. The number of aromatic nitrogens is 3. The number of nitriles is 1. The van der Waals surface area contributed by atoms with Crippen LogP contribution in [0.1, 0.15) is 23.0 Å². The molecule has 0 saturated carbocycles. The molecule has 2 aromatic heterocycles. The van der Waals surface area contributed by atoms with Crippen LogP contribution >= 0.6 is 0 Å². The van der Waals surface area contributed by atoms with Crippen LogP contribution in [0.25, 0.3) is 0 Å². The normalized spacial score (nSPS) is 11.6. The third kappa shape index (κ3) is 2.67. The van der Waals surface area contributed by atoms with Crippen molar-refractivity contribution in [3.63, 3.8) is 0 Å². The van der Waals surface area contributed by atoms with Gasteiger partial charge in [0.25, 0.3) is 0 Å². The molecule has 5 heteroatoms. The van der Waals surface area contributed by atoms with Crippen LogP contribution in [0.4, 0.5) is 5.82 Å². The van der Waals surface area contributed by atoms with Crippen LogP contribution in [0.2, 0.25) is 0 Å². The third-order valence-corrected chi connectivity index (χ3v) is 3.46. The molecule has 0 aliphatic rings.